The molecule has 0 saturated carbocycles. The van der Waals surface area contributed by atoms with Gasteiger partial charge in [0.1, 0.15) is 17.5 Å². The fourth-order valence-corrected chi connectivity index (χ4v) is 4.19. The van der Waals surface area contributed by atoms with Crippen LogP contribution in [-0.4, -0.2) is 52.5 Å². The third-order valence-electron chi connectivity index (χ3n) is 5.96. The van der Waals surface area contributed by atoms with Crippen molar-refractivity contribution in [1.29, 1.82) is 0 Å². The molecule has 5 rings (SSSR count). The Bertz CT molecular complexity index is 1380. The summed E-state index contributed by atoms with van der Waals surface area (Å²) in [5, 5.41) is 5.42. The van der Waals surface area contributed by atoms with Crippen molar-refractivity contribution in [2.75, 3.05) is 31.1 Å². The predicted molar refractivity (Wildman–Crippen MR) is 121 cm³/mol. The van der Waals surface area contributed by atoms with Crippen molar-refractivity contribution in [2.24, 2.45) is 0 Å². The van der Waals surface area contributed by atoms with Crippen molar-refractivity contribution in [3.8, 4) is 0 Å². The Morgan fingerprint density at radius 1 is 0.969 bits per heavy atom. The average molecular weight is 430 g/mol. The van der Waals surface area contributed by atoms with Crippen LogP contribution in [0.3, 0.4) is 0 Å². The summed E-state index contributed by atoms with van der Waals surface area (Å²) in [4.78, 5) is 40.8. The molecule has 2 aromatic heterocycles. The van der Waals surface area contributed by atoms with E-state index < -0.39 is 5.63 Å². The van der Waals surface area contributed by atoms with Crippen LogP contribution in [0.15, 0.2) is 63.9 Å². The minimum atomic E-state index is -0.457. The number of piperazine rings is 1. The number of benzene rings is 2. The van der Waals surface area contributed by atoms with E-state index in [2.05, 4.69) is 10.00 Å². The van der Waals surface area contributed by atoms with Gasteiger partial charge in [-0.1, -0.05) is 12.1 Å². The van der Waals surface area contributed by atoms with Crippen molar-refractivity contribution in [1.82, 2.24) is 14.7 Å². The fourth-order valence-electron chi connectivity index (χ4n) is 4.19. The average Bonchev–Trinajstić information content (AvgIpc) is 3.24. The lowest BCUT2D eigenvalue weighted by molar-refractivity contribution is -0.132. The predicted octanol–water partition coefficient (Wildman–Crippen LogP) is 2.69. The molecule has 4 aromatic rings. The molecule has 2 aromatic carbocycles. The van der Waals surface area contributed by atoms with Gasteiger partial charge in [-0.15, -0.1) is 0 Å². The van der Waals surface area contributed by atoms with Gasteiger partial charge in [0.05, 0.1) is 11.7 Å². The van der Waals surface area contributed by atoms with Crippen LogP contribution in [0.4, 0.5) is 5.69 Å². The molecule has 32 heavy (non-hydrogen) atoms. The number of hydrogen-bond donors (Lipinski definition) is 0. The zero-order valence-electron chi connectivity index (χ0n) is 17.7. The van der Waals surface area contributed by atoms with E-state index in [1.165, 1.54) is 6.20 Å². The van der Waals surface area contributed by atoms with E-state index in [9.17, 15) is 14.4 Å². The first kappa shape index (κ1) is 20.0. The minimum Gasteiger partial charge on any atom is -0.422 e. The standard InChI is InChI=1S/C24H22N4O4/c1-16(29)17-6-8-18(9-7-17)26-10-12-27(13-11-26)22(30)15-28-23-19-4-2-3-5-21(19)32-24(31)20(23)14-25-28/h2-9,14H,10-13,15H2,1H3. The Hall–Kier alpha value is -3.94. The second-order valence-corrected chi connectivity index (χ2v) is 7.92. The van der Waals surface area contributed by atoms with Crippen molar-refractivity contribution >= 4 is 39.2 Å². The second-order valence-electron chi connectivity index (χ2n) is 7.92. The second kappa shape index (κ2) is 7.96. The molecular weight excluding hydrogens is 408 g/mol. The van der Waals surface area contributed by atoms with Crippen molar-refractivity contribution in [3.05, 3.63) is 70.7 Å². The molecule has 0 spiro atoms. The lowest BCUT2D eigenvalue weighted by atomic mass is 10.1. The number of carbonyl (C=O) groups excluding carboxylic acids is 2. The summed E-state index contributed by atoms with van der Waals surface area (Å²) in [5.41, 5.74) is 2.37. The SMILES string of the molecule is CC(=O)c1ccc(N2CCN(C(=O)Cn3ncc4c(=O)oc5ccccc5c43)CC2)cc1. The molecule has 3 heterocycles. The van der Waals surface area contributed by atoms with E-state index in [1.54, 1.807) is 23.7 Å². The quantitative estimate of drug-likeness (QED) is 0.365. The zero-order chi connectivity index (χ0) is 22.2. The maximum Gasteiger partial charge on any atom is 0.347 e. The molecule has 0 aliphatic carbocycles. The Labute approximate surface area is 183 Å². The van der Waals surface area contributed by atoms with Crippen LogP contribution in [0, 0.1) is 0 Å². The molecule has 1 amide bonds. The van der Waals surface area contributed by atoms with Crippen molar-refractivity contribution < 1.29 is 14.0 Å². The van der Waals surface area contributed by atoms with E-state index in [-0.39, 0.29) is 18.2 Å². The Kier molecular flexibility index (Phi) is 4.97. The first-order chi connectivity index (χ1) is 15.5. The maximum atomic E-state index is 13.0. The lowest BCUT2D eigenvalue weighted by Crippen LogP contribution is -2.49. The zero-order valence-corrected chi connectivity index (χ0v) is 17.7. The van der Waals surface area contributed by atoms with Gasteiger partial charge in [0.15, 0.2) is 5.78 Å². The molecule has 0 N–H and O–H groups in total. The third-order valence-corrected chi connectivity index (χ3v) is 5.96. The molecule has 0 bridgehead atoms. The minimum absolute atomic E-state index is 0.0427. The molecule has 1 aliphatic heterocycles. The van der Waals surface area contributed by atoms with Gasteiger partial charge in [-0.3, -0.25) is 14.3 Å². The molecule has 0 unspecified atom stereocenters. The smallest absolute Gasteiger partial charge is 0.347 e. The molecule has 1 fully saturated rings. The van der Waals surface area contributed by atoms with Gasteiger partial charge in [-0.2, -0.15) is 5.10 Å². The molecule has 8 heteroatoms. The number of para-hydroxylation sites is 1. The highest BCUT2D eigenvalue weighted by molar-refractivity contribution is 6.02. The van der Waals surface area contributed by atoms with Crippen LogP contribution in [-0.2, 0) is 11.3 Å². The van der Waals surface area contributed by atoms with E-state index >= 15 is 0 Å². The number of aromatic nitrogens is 2. The van der Waals surface area contributed by atoms with Crippen LogP contribution in [0.1, 0.15) is 17.3 Å². The number of rotatable bonds is 4. The molecule has 1 saturated heterocycles. The third kappa shape index (κ3) is 3.53. The largest absolute Gasteiger partial charge is 0.422 e. The van der Waals surface area contributed by atoms with E-state index in [1.807, 2.05) is 41.3 Å². The monoisotopic (exact) mass is 430 g/mol. The van der Waals surface area contributed by atoms with Crippen LogP contribution in [0.2, 0.25) is 0 Å². The van der Waals surface area contributed by atoms with Gasteiger partial charge in [0.2, 0.25) is 5.91 Å². The molecule has 1 aliphatic rings. The molecule has 0 radical (unpaired) electrons. The first-order valence-electron chi connectivity index (χ1n) is 10.5. The number of fused-ring (bicyclic) bond motifs is 3. The van der Waals surface area contributed by atoms with Crippen LogP contribution in [0.25, 0.3) is 21.9 Å². The number of hydrogen-bond acceptors (Lipinski definition) is 6. The van der Waals surface area contributed by atoms with Gasteiger partial charge < -0.3 is 14.2 Å². The highest BCUT2D eigenvalue weighted by Gasteiger charge is 2.23. The maximum absolute atomic E-state index is 13.0. The van der Waals surface area contributed by atoms with Gasteiger partial charge in [-0.05, 0) is 43.3 Å². The van der Waals surface area contributed by atoms with Gasteiger partial charge in [0.25, 0.3) is 0 Å². The number of Topliss-reactive ketones (excluding diaryl/α,β-unsaturated/α-hetero) is 1. The summed E-state index contributed by atoms with van der Waals surface area (Å²) in [6.07, 6.45) is 1.46. The molecule has 0 atom stereocenters. The summed E-state index contributed by atoms with van der Waals surface area (Å²) < 4.78 is 6.94. The van der Waals surface area contributed by atoms with Crippen LogP contribution >= 0.6 is 0 Å². The molecule has 8 nitrogen and oxygen atoms in total. The highest BCUT2D eigenvalue weighted by atomic mass is 16.4. The molecular formula is C24H22N4O4. The van der Waals surface area contributed by atoms with Crippen molar-refractivity contribution in [3.63, 3.8) is 0 Å². The van der Waals surface area contributed by atoms with Gasteiger partial charge >= 0.3 is 5.63 Å². The van der Waals surface area contributed by atoms with E-state index in [0.29, 0.717) is 48.2 Å². The van der Waals surface area contributed by atoms with Crippen molar-refractivity contribution in [2.45, 2.75) is 13.5 Å². The molecule has 162 valence electrons. The summed E-state index contributed by atoms with van der Waals surface area (Å²) >= 11 is 0. The first-order valence-corrected chi connectivity index (χ1v) is 10.5. The van der Waals surface area contributed by atoms with Gasteiger partial charge in [0, 0.05) is 42.8 Å². The number of nitrogens with zero attached hydrogens (tertiary/aromatic N) is 4. The van der Waals surface area contributed by atoms with Crippen LogP contribution in [0.5, 0.6) is 0 Å². The van der Waals surface area contributed by atoms with E-state index in [4.69, 9.17) is 4.42 Å². The summed E-state index contributed by atoms with van der Waals surface area (Å²) in [5.74, 6) is 0.00237. The number of carbonyl (C=O) groups is 2. The fraction of sp³-hybridized carbons (Fsp3) is 0.250. The van der Waals surface area contributed by atoms with Crippen LogP contribution < -0.4 is 10.5 Å². The number of amides is 1. The summed E-state index contributed by atoms with van der Waals surface area (Å²) in [6, 6.07) is 14.8. The van der Waals surface area contributed by atoms with Gasteiger partial charge in [-0.25, -0.2) is 4.79 Å². The Balaban J connectivity index is 1.31. The highest BCUT2D eigenvalue weighted by Crippen LogP contribution is 2.23. The topological polar surface area (TPSA) is 88.7 Å². The van der Waals surface area contributed by atoms with E-state index in [0.717, 1.165) is 11.1 Å². The Morgan fingerprint density at radius 2 is 1.69 bits per heavy atom. The number of anilines is 1. The lowest BCUT2D eigenvalue weighted by Gasteiger charge is -2.36. The normalized spacial score (nSPS) is 14.3. The number of ketones is 1. The summed E-state index contributed by atoms with van der Waals surface area (Å²) in [7, 11) is 0. The Morgan fingerprint density at radius 3 is 2.41 bits per heavy atom. The summed E-state index contributed by atoms with van der Waals surface area (Å²) in [6.45, 7) is 4.21.